The van der Waals surface area contributed by atoms with Gasteiger partial charge in [-0.3, -0.25) is 4.90 Å². The molecule has 0 amide bonds. The number of hydrogen-bond acceptors (Lipinski definition) is 3. The largest absolute Gasteiger partial charge is 0.416 e. The molecule has 7 heteroatoms. The van der Waals surface area contributed by atoms with Gasteiger partial charge >= 0.3 is 6.18 Å². The zero-order valence-corrected chi connectivity index (χ0v) is 14.1. The summed E-state index contributed by atoms with van der Waals surface area (Å²) in [6.07, 6.45) is -1.33. The Bertz CT molecular complexity index is 591. The van der Waals surface area contributed by atoms with E-state index in [2.05, 4.69) is 26.0 Å². The lowest BCUT2D eigenvalue weighted by molar-refractivity contribution is -0.137. The Morgan fingerprint density at radius 1 is 1.35 bits per heavy atom. The summed E-state index contributed by atoms with van der Waals surface area (Å²) in [5, 5.41) is 3.93. The number of likely N-dealkylation sites (tertiary alicyclic amines) is 1. The summed E-state index contributed by atoms with van der Waals surface area (Å²) in [7, 11) is 0. The van der Waals surface area contributed by atoms with Crippen molar-refractivity contribution >= 4 is 20.6 Å². The fourth-order valence-electron chi connectivity index (χ4n) is 3.26. The molecular weight excluding hydrogens is 373 g/mol. The summed E-state index contributed by atoms with van der Waals surface area (Å²) >= 11 is 3.35. The van der Waals surface area contributed by atoms with Gasteiger partial charge in [0.05, 0.1) is 5.56 Å². The molecule has 23 heavy (non-hydrogen) atoms. The van der Waals surface area contributed by atoms with Gasteiger partial charge in [0.15, 0.2) is 0 Å². The molecule has 0 aliphatic carbocycles. The fraction of sp³-hybridized carbons (Fsp3) is 0.562. The molecule has 1 aromatic carbocycles. The van der Waals surface area contributed by atoms with E-state index in [-0.39, 0.29) is 6.10 Å². The van der Waals surface area contributed by atoms with Gasteiger partial charge in [0.2, 0.25) is 0 Å². The molecule has 0 bridgehead atoms. The van der Waals surface area contributed by atoms with E-state index in [1.165, 1.54) is 12.1 Å². The van der Waals surface area contributed by atoms with Gasteiger partial charge in [-0.25, -0.2) is 0 Å². The minimum Gasteiger partial charge on any atom is -0.391 e. The normalized spacial score (nSPS) is 26.0. The quantitative estimate of drug-likeness (QED) is 0.763. The molecule has 2 atom stereocenters. The van der Waals surface area contributed by atoms with E-state index in [1.807, 2.05) is 0 Å². The van der Waals surface area contributed by atoms with Crippen LogP contribution in [0.2, 0.25) is 0 Å². The third-order valence-corrected chi connectivity index (χ3v) is 4.85. The Kier molecular flexibility index (Phi) is 4.96. The van der Waals surface area contributed by atoms with Crippen molar-refractivity contribution in [1.29, 1.82) is 0 Å². The topological polar surface area (TPSA) is 24.8 Å². The minimum absolute atomic E-state index is 0.0775. The summed E-state index contributed by atoms with van der Waals surface area (Å²) in [4.78, 5) is 7.64. The highest BCUT2D eigenvalue weighted by atomic mass is 79.9. The van der Waals surface area contributed by atoms with Crippen LogP contribution in [-0.2, 0) is 17.6 Å². The molecule has 1 fully saturated rings. The average molecular weight is 391 g/mol. The Morgan fingerprint density at radius 2 is 2.17 bits per heavy atom. The van der Waals surface area contributed by atoms with E-state index in [9.17, 15) is 13.2 Å². The maximum Gasteiger partial charge on any atom is 0.416 e. The lowest BCUT2D eigenvalue weighted by Gasteiger charge is -2.34. The van der Waals surface area contributed by atoms with Gasteiger partial charge in [0.25, 0.3) is 0 Å². The second-order valence-electron chi connectivity index (χ2n) is 6.15. The first kappa shape index (κ1) is 16.8. The first-order chi connectivity index (χ1) is 10.9. The molecule has 0 radical (unpaired) electrons. The van der Waals surface area contributed by atoms with Gasteiger partial charge in [-0.05, 0) is 46.9 Å². The summed E-state index contributed by atoms with van der Waals surface area (Å²) in [6, 6.07) is 5.59. The smallest absolute Gasteiger partial charge is 0.391 e. The summed E-state index contributed by atoms with van der Waals surface area (Å²) < 4.78 is 39.2. The maximum atomic E-state index is 12.8. The lowest BCUT2D eigenvalue weighted by Crippen LogP contribution is -2.40. The number of nitrogens with zero attached hydrogens (tertiary/aromatic N) is 2. The van der Waals surface area contributed by atoms with Crippen LogP contribution in [0.3, 0.4) is 0 Å². The second kappa shape index (κ2) is 6.81. The minimum atomic E-state index is -4.29. The predicted octanol–water partition coefficient (Wildman–Crippen LogP) is 4.41. The second-order valence-corrected chi connectivity index (χ2v) is 7.07. The highest BCUT2D eigenvalue weighted by Gasteiger charge is 2.33. The molecule has 2 aliphatic heterocycles. The number of rotatable bonds is 3. The van der Waals surface area contributed by atoms with Crippen LogP contribution in [0.1, 0.15) is 30.4 Å². The Hall–Kier alpha value is -1.08. The third kappa shape index (κ3) is 4.26. The van der Waals surface area contributed by atoms with Crippen molar-refractivity contribution in [2.45, 2.75) is 38.1 Å². The van der Waals surface area contributed by atoms with E-state index in [4.69, 9.17) is 4.84 Å². The van der Waals surface area contributed by atoms with Crippen LogP contribution in [0.4, 0.5) is 13.2 Å². The molecule has 3 nitrogen and oxygen atoms in total. The van der Waals surface area contributed by atoms with Gasteiger partial charge in [0.1, 0.15) is 10.7 Å². The Balaban J connectivity index is 1.62. The number of hydrogen-bond donors (Lipinski definition) is 0. The number of alkyl halides is 3. The van der Waals surface area contributed by atoms with Crippen LogP contribution in [0.15, 0.2) is 29.4 Å². The molecule has 3 rings (SSSR count). The van der Waals surface area contributed by atoms with Crippen molar-refractivity contribution in [3.63, 3.8) is 0 Å². The van der Waals surface area contributed by atoms with E-state index in [0.717, 1.165) is 43.0 Å². The summed E-state index contributed by atoms with van der Waals surface area (Å²) in [6.45, 7) is 2.27. The summed E-state index contributed by atoms with van der Waals surface area (Å²) in [5.74, 6) is 0.369. The van der Waals surface area contributed by atoms with E-state index < -0.39 is 11.7 Å². The predicted molar refractivity (Wildman–Crippen MR) is 85.3 cm³/mol. The first-order valence-electron chi connectivity index (χ1n) is 7.68. The molecular formula is C16H18BrF3N2O. The molecule has 1 saturated heterocycles. The fourth-order valence-corrected chi connectivity index (χ4v) is 3.66. The number of benzene rings is 1. The van der Waals surface area contributed by atoms with Crippen molar-refractivity contribution in [1.82, 2.24) is 4.90 Å². The van der Waals surface area contributed by atoms with E-state index in [1.54, 1.807) is 6.07 Å². The molecule has 0 spiro atoms. The highest BCUT2D eigenvalue weighted by molar-refractivity contribution is 9.18. The first-order valence-corrected chi connectivity index (χ1v) is 8.48. The monoisotopic (exact) mass is 390 g/mol. The zero-order valence-electron chi connectivity index (χ0n) is 12.5. The molecule has 1 unspecified atom stereocenters. The standard InChI is InChI=1S/C16H18BrF3N2O/c17-15-8-14(23-21-15)12-4-2-6-22(10-12)9-11-3-1-5-13(7-11)16(18,19)20/h1,3,5,7,12,14H,2,4,6,8-10H2/t12?,14-/m0/s1. The van der Waals surface area contributed by atoms with Crippen LogP contribution in [0, 0.1) is 5.92 Å². The van der Waals surface area contributed by atoms with Gasteiger partial charge in [-0.15, -0.1) is 0 Å². The van der Waals surface area contributed by atoms with Crippen molar-refractivity contribution < 1.29 is 18.0 Å². The SMILES string of the molecule is FC(F)(F)c1cccc(CN2CCCC([C@@H]3CC(Br)=NO3)C2)c1. The Labute approximate surface area is 141 Å². The van der Waals surface area contributed by atoms with Gasteiger partial charge < -0.3 is 4.84 Å². The van der Waals surface area contributed by atoms with Crippen molar-refractivity contribution in [2.75, 3.05) is 13.1 Å². The summed E-state index contributed by atoms with van der Waals surface area (Å²) in [5.41, 5.74) is 0.116. The van der Waals surface area contributed by atoms with Gasteiger partial charge in [-0.1, -0.05) is 23.4 Å². The lowest BCUT2D eigenvalue weighted by atomic mass is 9.91. The molecule has 1 aromatic rings. The molecule has 2 aliphatic rings. The average Bonchev–Trinajstić information content (AvgIpc) is 2.94. The maximum absolute atomic E-state index is 12.8. The van der Waals surface area contributed by atoms with E-state index in [0.29, 0.717) is 18.0 Å². The van der Waals surface area contributed by atoms with Gasteiger partial charge in [-0.2, -0.15) is 13.2 Å². The molecule has 0 aromatic heterocycles. The molecule has 126 valence electrons. The molecule has 0 N–H and O–H groups in total. The van der Waals surface area contributed by atoms with Crippen molar-refractivity contribution in [2.24, 2.45) is 11.1 Å². The number of oxime groups is 1. The molecule has 0 saturated carbocycles. The zero-order chi connectivity index (χ0) is 16.4. The van der Waals surface area contributed by atoms with Crippen molar-refractivity contribution in [3.05, 3.63) is 35.4 Å². The number of halogens is 4. The third-order valence-electron chi connectivity index (χ3n) is 4.39. The van der Waals surface area contributed by atoms with Crippen LogP contribution in [0.25, 0.3) is 0 Å². The number of piperidine rings is 1. The highest BCUT2D eigenvalue weighted by Crippen LogP contribution is 2.31. The van der Waals surface area contributed by atoms with Crippen LogP contribution in [0.5, 0.6) is 0 Å². The van der Waals surface area contributed by atoms with Crippen LogP contribution < -0.4 is 0 Å². The van der Waals surface area contributed by atoms with Crippen molar-refractivity contribution in [3.8, 4) is 0 Å². The molecule has 2 heterocycles. The Morgan fingerprint density at radius 3 is 2.87 bits per heavy atom. The van der Waals surface area contributed by atoms with E-state index >= 15 is 0 Å². The van der Waals surface area contributed by atoms with Crippen LogP contribution in [-0.4, -0.2) is 28.7 Å². The van der Waals surface area contributed by atoms with Crippen LogP contribution >= 0.6 is 15.9 Å². The van der Waals surface area contributed by atoms with Gasteiger partial charge in [0, 0.05) is 25.4 Å².